The zero-order valence-electron chi connectivity index (χ0n) is 6.47. The Labute approximate surface area is 75.0 Å². The number of halogens is 4. The maximum atomic E-state index is 12.4. The van der Waals surface area contributed by atoms with Gasteiger partial charge in [0.25, 0.3) is 0 Å². The predicted octanol–water partition coefficient (Wildman–Crippen LogP) is 1.94. The van der Waals surface area contributed by atoms with Crippen molar-refractivity contribution in [3.8, 4) is 0 Å². The summed E-state index contributed by atoms with van der Waals surface area (Å²) in [6.45, 7) is 0. The van der Waals surface area contributed by atoms with Crippen molar-refractivity contribution in [3.05, 3.63) is 29.3 Å². The first-order valence-electron chi connectivity index (χ1n) is 3.29. The minimum Gasteiger partial charge on any atom is -0.478 e. The summed E-state index contributed by atoms with van der Waals surface area (Å²) in [5.74, 6) is -3.12. The zero-order chi connectivity index (χ0) is 10.9. The fourth-order valence-corrected chi connectivity index (χ4v) is 0.766. The first-order valence-corrected chi connectivity index (χ1v) is 3.29. The molecule has 7 heteroatoms. The molecular formula is C7H3F4NO2. The lowest BCUT2D eigenvalue weighted by Gasteiger charge is -2.05. The van der Waals surface area contributed by atoms with E-state index >= 15 is 0 Å². The Morgan fingerprint density at radius 3 is 2.36 bits per heavy atom. The average Bonchev–Trinajstić information content (AvgIpc) is 2.01. The summed E-state index contributed by atoms with van der Waals surface area (Å²) < 4.78 is 48.4. The summed E-state index contributed by atoms with van der Waals surface area (Å²) in [6.07, 6.45) is -4.85. The number of pyridine rings is 1. The fraction of sp³-hybridized carbons (Fsp3) is 0.143. The van der Waals surface area contributed by atoms with Crippen molar-refractivity contribution in [2.75, 3.05) is 0 Å². The Morgan fingerprint density at radius 2 is 1.93 bits per heavy atom. The first kappa shape index (κ1) is 10.4. The predicted molar refractivity (Wildman–Crippen MR) is 36.2 cm³/mol. The maximum absolute atomic E-state index is 12.4. The van der Waals surface area contributed by atoms with E-state index in [1.807, 2.05) is 0 Å². The van der Waals surface area contributed by atoms with Crippen LogP contribution in [0.2, 0.25) is 0 Å². The van der Waals surface area contributed by atoms with Gasteiger partial charge >= 0.3 is 12.1 Å². The van der Waals surface area contributed by atoms with Crippen molar-refractivity contribution in [2.24, 2.45) is 0 Å². The highest BCUT2D eigenvalue weighted by Gasteiger charge is 2.33. The molecule has 0 saturated heterocycles. The second-order valence-electron chi connectivity index (χ2n) is 2.37. The standard InChI is InChI=1S/C7H3F4NO2/c8-5-2-3(6(13)14)1-4(12-5)7(9,10)11/h1-2H,(H,13,14). The normalized spacial score (nSPS) is 11.4. The van der Waals surface area contributed by atoms with E-state index in [9.17, 15) is 22.4 Å². The van der Waals surface area contributed by atoms with Crippen LogP contribution in [0.15, 0.2) is 12.1 Å². The lowest BCUT2D eigenvalue weighted by atomic mass is 10.2. The molecule has 1 aromatic heterocycles. The van der Waals surface area contributed by atoms with Gasteiger partial charge in [0.05, 0.1) is 5.56 Å². The van der Waals surface area contributed by atoms with E-state index in [1.54, 1.807) is 0 Å². The van der Waals surface area contributed by atoms with Gasteiger partial charge in [-0.2, -0.15) is 17.6 Å². The maximum Gasteiger partial charge on any atom is 0.433 e. The molecule has 0 saturated carbocycles. The van der Waals surface area contributed by atoms with Gasteiger partial charge in [0.15, 0.2) is 0 Å². The second kappa shape index (κ2) is 3.24. The van der Waals surface area contributed by atoms with Crippen molar-refractivity contribution >= 4 is 5.97 Å². The van der Waals surface area contributed by atoms with Gasteiger partial charge in [0.2, 0.25) is 5.95 Å². The lowest BCUT2D eigenvalue weighted by Crippen LogP contribution is -2.11. The van der Waals surface area contributed by atoms with Crippen LogP contribution >= 0.6 is 0 Å². The smallest absolute Gasteiger partial charge is 0.433 e. The summed E-state index contributed by atoms with van der Waals surface area (Å²) in [4.78, 5) is 12.8. The molecule has 3 nitrogen and oxygen atoms in total. The van der Waals surface area contributed by atoms with E-state index < -0.39 is 29.4 Å². The van der Waals surface area contributed by atoms with Crippen molar-refractivity contribution in [2.45, 2.75) is 6.18 Å². The van der Waals surface area contributed by atoms with Gasteiger partial charge < -0.3 is 5.11 Å². The molecule has 0 aromatic carbocycles. The van der Waals surface area contributed by atoms with E-state index in [0.717, 1.165) is 0 Å². The van der Waals surface area contributed by atoms with Crippen LogP contribution in [0.5, 0.6) is 0 Å². The Hall–Kier alpha value is -1.66. The molecule has 1 rings (SSSR count). The van der Waals surface area contributed by atoms with Crippen LogP contribution in [0.4, 0.5) is 17.6 Å². The second-order valence-corrected chi connectivity index (χ2v) is 2.37. The number of carboxylic acid groups (broad SMARTS) is 1. The van der Waals surface area contributed by atoms with Gasteiger partial charge in [-0.3, -0.25) is 0 Å². The largest absolute Gasteiger partial charge is 0.478 e. The fourth-order valence-electron chi connectivity index (χ4n) is 0.766. The van der Waals surface area contributed by atoms with Gasteiger partial charge in [-0.15, -0.1) is 0 Å². The SMILES string of the molecule is O=C(O)c1cc(F)nc(C(F)(F)F)c1. The molecule has 0 aliphatic rings. The molecule has 0 atom stereocenters. The number of hydrogen-bond acceptors (Lipinski definition) is 2. The Balaban J connectivity index is 3.28. The summed E-state index contributed by atoms with van der Waals surface area (Å²) in [5, 5.41) is 8.34. The first-order chi connectivity index (χ1) is 6.30. The van der Waals surface area contributed by atoms with Crippen LogP contribution in [0.25, 0.3) is 0 Å². The van der Waals surface area contributed by atoms with E-state index in [0.29, 0.717) is 6.07 Å². The Bertz CT molecular complexity index is 374. The van der Waals surface area contributed by atoms with Crippen LogP contribution in [-0.2, 0) is 6.18 Å². The molecule has 76 valence electrons. The summed E-state index contributed by atoms with van der Waals surface area (Å²) >= 11 is 0. The van der Waals surface area contributed by atoms with Gasteiger partial charge in [-0.25, -0.2) is 9.78 Å². The van der Waals surface area contributed by atoms with Gasteiger partial charge in [-0.05, 0) is 6.07 Å². The van der Waals surface area contributed by atoms with Crippen molar-refractivity contribution in [1.29, 1.82) is 0 Å². The molecular weight excluding hydrogens is 206 g/mol. The van der Waals surface area contributed by atoms with E-state index in [-0.39, 0.29) is 6.07 Å². The lowest BCUT2D eigenvalue weighted by molar-refractivity contribution is -0.141. The quantitative estimate of drug-likeness (QED) is 0.567. The number of hydrogen-bond donors (Lipinski definition) is 1. The molecule has 1 aromatic rings. The summed E-state index contributed by atoms with van der Waals surface area (Å²) in [7, 11) is 0. The van der Waals surface area contributed by atoms with E-state index in [2.05, 4.69) is 4.98 Å². The minimum absolute atomic E-state index is 0.269. The highest BCUT2D eigenvalue weighted by molar-refractivity contribution is 5.87. The Morgan fingerprint density at radius 1 is 1.36 bits per heavy atom. The molecule has 0 amide bonds. The number of aromatic nitrogens is 1. The number of alkyl halides is 3. The zero-order valence-corrected chi connectivity index (χ0v) is 6.47. The van der Waals surface area contributed by atoms with E-state index in [4.69, 9.17) is 5.11 Å². The summed E-state index contributed by atoms with van der Waals surface area (Å²) in [5.41, 5.74) is -2.35. The molecule has 0 aliphatic carbocycles. The number of aromatic carboxylic acids is 1. The van der Waals surface area contributed by atoms with E-state index in [1.165, 1.54) is 0 Å². The molecule has 0 fully saturated rings. The number of rotatable bonds is 1. The minimum atomic E-state index is -4.85. The third-order valence-corrected chi connectivity index (χ3v) is 1.33. The van der Waals surface area contributed by atoms with Crippen LogP contribution in [0.3, 0.4) is 0 Å². The third kappa shape index (κ3) is 2.18. The topological polar surface area (TPSA) is 50.2 Å². The third-order valence-electron chi connectivity index (χ3n) is 1.33. The number of nitrogens with zero attached hydrogens (tertiary/aromatic N) is 1. The summed E-state index contributed by atoms with van der Waals surface area (Å²) in [6, 6.07) is 0.684. The van der Waals surface area contributed by atoms with Gasteiger partial charge in [-0.1, -0.05) is 0 Å². The number of carbonyl (C=O) groups is 1. The molecule has 0 spiro atoms. The highest BCUT2D eigenvalue weighted by Crippen LogP contribution is 2.28. The van der Waals surface area contributed by atoms with Crippen molar-refractivity contribution in [3.63, 3.8) is 0 Å². The number of carboxylic acids is 1. The van der Waals surface area contributed by atoms with Crippen molar-refractivity contribution < 1.29 is 27.5 Å². The molecule has 0 aliphatic heterocycles. The Kier molecular flexibility index (Phi) is 2.41. The van der Waals surface area contributed by atoms with Crippen LogP contribution in [0, 0.1) is 5.95 Å². The molecule has 0 radical (unpaired) electrons. The van der Waals surface area contributed by atoms with Gasteiger partial charge in [0.1, 0.15) is 5.69 Å². The molecule has 14 heavy (non-hydrogen) atoms. The van der Waals surface area contributed by atoms with Crippen molar-refractivity contribution in [1.82, 2.24) is 4.98 Å². The van der Waals surface area contributed by atoms with Gasteiger partial charge in [0, 0.05) is 6.07 Å². The van der Waals surface area contributed by atoms with Crippen LogP contribution in [0.1, 0.15) is 16.1 Å². The molecule has 1 N–H and O–H groups in total. The molecule has 1 heterocycles. The monoisotopic (exact) mass is 209 g/mol. The van der Waals surface area contributed by atoms with Crippen LogP contribution < -0.4 is 0 Å². The van der Waals surface area contributed by atoms with Crippen LogP contribution in [-0.4, -0.2) is 16.1 Å². The molecule has 0 unspecified atom stereocenters. The highest BCUT2D eigenvalue weighted by atomic mass is 19.4. The average molecular weight is 209 g/mol. The molecule has 0 bridgehead atoms.